The second-order valence-corrected chi connectivity index (χ2v) is 8.17. The molecule has 0 unspecified atom stereocenters. The van der Waals surface area contributed by atoms with Crippen LogP contribution >= 0.6 is 11.8 Å². The number of benzene rings is 2. The molecule has 0 heterocycles. The first kappa shape index (κ1) is 19.0. The Balaban J connectivity index is 1.82. The van der Waals surface area contributed by atoms with E-state index in [2.05, 4.69) is 5.32 Å². The highest BCUT2D eigenvalue weighted by Gasteiger charge is 2.29. The highest BCUT2D eigenvalue weighted by molar-refractivity contribution is 8.01. The summed E-state index contributed by atoms with van der Waals surface area (Å²) in [4.78, 5) is 49.1. The van der Waals surface area contributed by atoms with Crippen molar-refractivity contribution in [2.45, 2.75) is 31.3 Å². The van der Waals surface area contributed by atoms with Gasteiger partial charge in [0.05, 0.1) is 10.5 Å². The SMILES string of the molecule is CC(=O)[C@H](C)S[C@@H](C)C(=O)Nc1ccc2c(c1)C(=O)c1ccccc1C2=O. The molecule has 0 spiro atoms. The number of fused-ring (bicyclic) bond motifs is 2. The minimum absolute atomic E-state index is 0.0104. The molecule has 0 bridgehead atoms. The molecule has 27 heavy (non-hydrogen) atoms. The van der Waals surface area contributed by atoms with Gasteiger partial charge in [-0.05, 0) is 39.0 Å². The van der Waals surface area contributed by atoms with Crippen LogP contribution in [0.5, 0.6) is 0 Å². The van der Waals surface area contributed by atoms with Gasteiger partial charge < -0.3 is 5.32 Å². The van der Waals surface area contributed by atoms with E-state index < -0.39 is 5.25 Å². The van der Waals surface area contributed by atoms with E-state index in [9.17, 15) is 19.2 Å². The molecule has 0 saturated carbocycles. The first-order valence-corrected chi connectivity index (χ1v) is 9.53. The van der Waals surface area contributed by atoms with Gasteiger partial charge in [0.2, 0.25) is 5.91 Å². The summed E-state index contributed by atoms with van der Waals surface area (Å²) in [5, 5.41) is 2.06. The lowest BCUT2D eigenvalue weighted by atomic mass is 9.84. The van der Waals surface area contributed by atoms with Gasteiger partial charge in [0.15, 0.2) is 11.6 Å². The third-order valence-corrected chi connectivity index (χ3v) is 5.91. The molecule has 3 rings (SSSR count). The standard InChI is InChI=1S/C21H19NO4S/c1-11(23)12(2)27-13(3)21(26)22-14-8-9-17-18(10-14)20(25)16-7-5-4-6-15(16)19(17)24/h4-10,12-13H,1-3H3,(H,22,26)/t12-,13-/m0/s1. The van der Waals surface area contributed by atoms with Crippen LogP contribution in [-0.4, -0.2) is 33.8 Å². The summed E-state index contributed by atoms with van der Waals surface area (Å²) in [6, 6.07) is 11.4. The van der Waals surface area contributed by atoms with Gasteiger partial charge in [0.25, 0.3) is 0 Å². The molecule has 0 saturated heterocycles. The number of hydrogen-bond donors (Lipinski definition) is 1. The summed E-state index contributed by atoms with van der Waals surface area (Å²) < 4.78 is 0. The third-order valence-electron chi connectivity index (χ3n) is 4.54. The average molecular weight is 381 g/mol. The van der Waals surface area contributed by atoms with Crippen molar-refractivity contribution in [3.05, 3.63) is 64.7 Å². The van der Waals surface area contributed by atoms with Crippen molar-refractivity contribution in [3.63, 3.8) is 0 Å². The maximum Gasteiger partial charge on any atom is 0.237 e. The number of carbonyl (C=O) groups excluding carboxylic acids is 4. The maximum atomic E-state index is 12.7. The summed E-state index contributed by atoms with van der Waals surface area (Å²) in [5.41, 5.74) is 1.84. The molecule has 2 aromatic carbocycles. The topological polar surface area (TPSA) is 80.3 Å². The first-order chi connectivity index (χ1) is 12.8. The van der Waals surface area contributed by atoms with Gasteiger partial charge in [0.1, 0.15) is 5.78 Å². The van der Waals surface area contributed by atoms with Gasteiger partial charge in [-0.2, -0.15) is 0 Å². The number of ketones is 3. The molecule has 0 aliphatic heterocycles. The smallest absolute Gasteiger partial charge is 0.237 e. The largest absolute Gasteiger partial charge is 0.325 e. The van der Waals surface area contributed by atoms with Gasteiger partial charge in [0, 0.05) is 27.9 Å². The number of hydrogen-bond acceptors (Lipinski definition) is 5. The lowest BCUT2D eigenvalue weighted by Crippen LogP contribution is -2.26. The fraction of sp³-hybridized carbons (Fsp3) is 0.238. The number of thioether (sulfide) groups is 1. The Morgan fingerprint density at radius 1 is 0.852 bits per heavy atom. The van der Waals surface area contributed by atoms with E-state index in [1.807, 2.05) is 0 Å². The van der Waals surface area contributed by atoms with E-state index >= 15 is 0 Å². The zero-order valence-electron chi connectivity index (χ0n) is 15.2. The molecule has 6 heteroatoms. The summed E-state index contributed by atoms with van der Waals surface area (Å²) in [6.45, 7) is 4.98. The Labute approximate surface area is 161 Å². The molecule has 1 N–H and O–H groups in total. The van der Waals surface area contributed by atoms with Crippen LogP contribution in [-0.2, 0) is 9.59 Å². The quantitative estimate of drug-likeness (QED) is 0.732. The average Bonchev–Trinajstić information content (AvgIpc) is 2.65. The maximum absolute atomic E-state index is 12.7. The molecule has 2 atom stereocenters. The molecule has 0 radical (unpaired) electrons. The van der Waals surface area contributed by atoms with Crippen LogP contribution in [0.4, 0.5) is 5.69 Å². The number of nitrogens with one attached hydrogen (secondary N) is 1. The Morgan fingerprint density at radius 2 is 1.41 bits per heavy atom. The van der Waals surface area contributed by atoms with Crippen LogP contribution < -0.4 is 5.32 Å². The fourth-order valence-corrected chi connectivity index (χ4v) is 3.87. The van der Waals surface area contributed by atoms with Crippen molar-refractivity contribution < 1.29 is 19.2 Å². The van der Waals surface area contributed by atoms with Crippen molar-refractivity contribution in [1.82, 2.24) is 0 Å². The van der Waals surface area contributed by atoms with E-state index in [0.717, 1.165) is 0 Å². The second-order valence-electron chi connectivity index (χ2n) is 6.48. The highest BCUT2D eigenvalue weighted by Crippen LogP contribution is 2.29. The van der Waals surface area contributed by atoms with Crippen LogP contribution in [0.15, 0.2) is 42.5 Å². The highest BCUT2D eigenvalue weighted by atomic mass is 32.2. The predicted molar refractivity (Wildman–Crippen MR) is 106 cm³/mol. The summed E-state index contributed by atoms with van der Waals surface area (Å²) in [6.07, 6.45) is 0. The number of amides is 1. The molecule has 2 aromatic rings. The van der Waals surface area contributed by atoms with E-state index in [0.29, 0.717) is 22.4 Å². The molecular formula is C21H19NO4S. The van der Waals surface area contributed by atoms with Crippen molar-refractivity contribution in [3.8, 4) is 0 Å². The van der Waals surface area contributed by atoms with Crippen molar-refractivity contribution >= 4 is 40.7 Å². The lowest BCUT2D eigenvalue weighted by molar-refractivity contribution is -0.116. The fourth-order valence-electron chi connectivity index (χ4n) is 2.88. The third kappa shape index (κ3) is 3.71. The number of anilines is 1. The predicted octanol–water partition coefficient (Wildman–Crippen LogP) is 3.50. The monoisotopic (exact) mass is 381 g/mol. The Bertz CT molecular complexity index is 966. The Morgan fingerprint density at radius 3 is 2.00 bits per heavy atom. The van der Waals surface area contributed by atoms with Crippen molar-refractivity contribution in [2.24, 2.45) is 0 Å². The van der Waals surface area contributed by atoms with Crippen LogP contribution in [0.2, 0.25) is 0 Å². The molecule has 1 amide bonds. The zero-order valence-corrected chi connectivity index (χ0v) is 16.1. The summed E-state index contributed by atoms with van der Waals surface area (Å²) in [7, 11) is 0. The first-order valence-electron chi connectivity index (χ1n) is 8.59. The molecule has 1 aliphatic carbocycles. The van der Waals surface area contributed by atoms with Crippen molar-refractivity contribution in [2.75, 3.05) is 5.32 Å². The second kappa shape index (κ2) is 7.48. The van der Waals surface area contributed by atoms with Crippen molar-refractivity contribution in [1.29, 1.82) is 0 Å². The van der Waals surface area contributed by atoms with E-state index in [-0.39, 0.29) is 34.1 Å². The molecule has 138 valence electrons. The minimum Gasteiger partial charge on any atom is -0.325 e. The summed E-state index contributed by atoms with van der Waals surface area (Å²) >= 11 is 1.27. The molecular weight excluding hydrogens is 362 g/mol. The van der Waals surface area contributed by atoms with E-state index in [1.165, 1.54) is 24.8 Å². The van der Waals surface area contributed by atoms with Gasteiger partial charge in [-0.15, -0.1) is 11.8 Å². The van der Waals surface area contributed by atoms with Gasteiger partial charge >= 0.3 is 0 Å². The van der Waals surface area contributed by atoms with E-state index in [4.69, 9.17) is 0 Å². The van der Waals surface area contributed by atoms with Gasteiger partial charge in [-0.1, -0.05) is 24.3 Å². The molecule has 5 nitrogen and oxygen atoms in total. The normalized spacial score (nSPS) is 14.8. The van der Waals surface area contributed by atoms with Crippen LogP contribution in [0, 0.1) is 0 Å². The van der Waals surface area contributed by atoms with Gasteiger partial charge in [-0.25, -0.2) is 0 Å². The summed E-state index contributed by atoms with van der Waals surface area (Å²) in [5.74, 6) is -0.680. The number of carbonyl (C=O) groups is 4. The Hall–Kier alpha value is -2.73. The minimum atomic E-state index is -0.432. The van der Waals surface area contributed by atoms with Crippen LogP contribution in [0.3, 0.4) is 0 Å². The number of Topliss-reactive ketones (excluding diaryl/α,β-unsaturated/α-hetero) is 1. The van der Waals surface area contributed by atoms with Crippen LogP contribution in [0.1, 0.15) is 52.6 Å². The van der Waals surface area contributed by atoms with Gasteiger partial charge in [-0.3, -0.25) is 19.2 Å². The Kier molecular flexibility index (Phi) is 5.28. The molecule has 0 fully saturated rings. The zero-order chi connectivity index (χ0) is 19.7. The van der Waals surface area contributed by atoms with Crippen LogP contribution in [0.25, 0.3) is 0 Å². The number of rotatable bonds is 5. The molecule has 1 aliphatic rings. The van der Waals surface area contributed by atoms with E-state index in [1.54, 1.807) is 50.2 Å². The molecule has 0 aromatic heterocycles. The lowest BCUT2D eigenvalue weighted by Gasteiger charge is -2.19.